The summed E-state index contributed by atoms with van der Waals surface area (Å²) in [6.45, 7) is 1.53. The number of anilines is 1. The van der Waals surface area contributed by atoms with E-state index < -0.39 is 37.8 Å². The molecule has 2 aromatic carbocycles. The summed E-state index contributed by atoms with van der Waals surface area (Å²) >= 11 is 0. The molecule has 0 aromatic heterocycles. The number of carbonyl (C=O) groups excluding carboxylic acids is 1. The maximum Gasteiger partial charge on any atom is 0.243 e. The minimum Gasteiger partial charge on any atom is -0.492 e. The van der Waals surface area contributed by atoms with Crippen LogP contribution in [0.2, 0.25) is 0 Å². The zero-order valence-corrected chi connectivity index (χ0v) is 19.8. The predicted molar refractivity (Wildman–Crippen MR) is 119 cm³/mol. The lowest BCUT2D eigenvalue weighted by molar-refractivity contribution is -0.121. The lowest BCUT2D eigenvalue weighted by Crippen LogP contribution is -2.48. The van der Waals surface area contributed by atoms with Gasteiger partial charge in [0.15, 0.2) is 0 Å². The van der Waals surface area contributed by atoms with E-state index in [1.165, 1.54) is 63.5 Å². The second-order valence-corrected chi connectivity index (χ2v) is 11.1. The number of sulfonamides is 2. The molecule has 1 N–H and O–H groups in total. The highest BCUT2D eigenvalue weighted by Gasteiger charge is 2.29. The number of benzene rings is 2. The molecule has 0 bridgehead atoms. The summed E-state index contributed by atoms with van der Waals surface area (Å²) < 4.78 is 69.5. The Bertz CT molecular complexity index is 1150. The van der Waals surface area contributed by atoms with Crippen LogP contribution in [0.4, 0.5) is 10.1 Å². The number of nitrogens with zero attached hydrogens (tertiary/aromatic N) is 2. The van der Waals surface area contributed by atoms with Gasteiger partial charge in [-0.15, -0.1) is 0 Å². The van der Waals surface area contributed by atoms with Gasteiger partial charge in [-0.25, -0.2) is 25.5 Å². The molecule has 0 fully saturated rings. The van der Waals surface area contributed by atoms with Crippen molar-refractivity contribution in [3.63, 3.8) is 0 Å². The summed E-state index contributed by atoms with van der Waals surface area (Å²) in [5, 5.41) is 2.57. The Kier molecular flexibility index (Phi) is 8.21. The largest absolute Gasteiger partial charge is 0.492 e. The van der Waals surface area contributed by atoms with E-state index in [0.29, 0.717) is 5.75 Å². The Hall–Kier alpha value is -2.70. The smallest absolute Gasteiger partial charge is 0.243 e. The number of rotatable bonds is 10. The van der Waals surface area contributed by atoms with E-state index >= 15 is 0 Å². The SMILES string of the molecule is C[C@@H](C(=O)NCCOc1ccc(S(=O)(=O)N(C)C)cc1)N(c1cccc(F)c1)S(C)(=O)=O. The van der Waals surface area contributed by atoms with Crippen molar-refractivity contribution in [1.82, 2.24) is 9.62 Å². The Labute approximate surface area is 187 Å². The average Bonchev–Trinajstić information content (AvgIpc) is 2.70. The predicted octanol–water partition coefficient (Wildman–Crippen LogP) is 1.43. The minimum atomic E-state index is -3.85. The number of hydrogen-bond donors (Lipinski definition) is 1. The number of nitrogens with one attached hydrogen (secondary N) is 1. The van der Waals surface area contributed by atoms with Crippen LogP contribution in [-0.4, -0.2) is 66.6 Å². The average molecular weight is 488 g/mol. The molecule has 0 heterocycles. The molecule has 0 aliphatic rings. The van der Waals surface area contributed by atoms with Gasteiger partial charge in [-0.05, 0) is 49.4 Å². The second-order valence-electron chi connectivity index (χ2n) is 7.11. The number of halogens is 1. The number of ether oxygens (including phenoxy) is 1. The highest BCUT2D eigenvalue weighted by atomic mass is 32.2. The van der Waals surface area contributed by atoms with Crippen LogP contribution in [0.3, 0.4) is 0 Å². The Balaban J connectivity index is 1.95. The highest BCUT2D eigenvalue weighted by molar-refractivity contribution is 7.92. The molecule has 0 saturated heterocycles. The standard InChI is InChI=1S/C20H26FN3O6S2/c1-15(24(31(4,26)27)17-7-5-6-16(21)14-17)20(25)22-12-13-30-18-8-10-19(11-9-18)32(28,29)23(2)3/h5-11,14-15H,12-13H2,1-4H3,(H,22,25)/t15-/m0/s1. The first-order valence-electron chi connectivity index (χ1n) is 9.52. The fourth-order valence-corrected chi connectivity index (χ4v) is 4.90. The maximum atomic E-state index is 13.5. The van der Waals surface area contributed by atoms with Gasteiger partial charge in [-0.2, -0.15) is 0 Å². The second kappa shape index (κ2) is 10.3. The molecule has 1 amide bonds. The van der Waals surface area contributed by atoms with Crippen LogP contribution in [0.1, 0.15) is 6.92 Å². The van der Waals surface area contributed by atoms with Gasteiger partial charge < -0.3 is 10.1 Å². The summed E-state index contributed by atoms with van der Waals surface area (Å²) in [6.07, 6.45) is 0.935. The maximum absolute atomic E-state index is 13.5. The number of amides is 1. The van der Waals surface area contributed by atoms with Gasteiger partial charge in [0.1, 0.15) is 24.2 Å². The molecular formula is C20H26FN3O6S2. The lowest BCUT2D eigenvalue weighted by atomic mass is 10.2. The van der Waals surface area contributed by atoms with E-state index in [1.54, 1.807) is 0 Å². The first-order valence-corrected chi connectivity index (χ1v) is 12.8. The van der Waals surface area contributed by atoms with Gasteiger partial charge in [0, 0.05) is 14.1 Å². The normalized spacial score (nSPS) is 12.9. The first kappa shape index (κ1) is 25.6. The monoisotopic (exact) mass is 487 g/mol. The van der Waals surface area contributed by atoms with Gasteiger partial charge in [0.2, 0.25) is 26.0 Å². The van der Waals surface area contributed by atoms with Crippen LogP contribution >= 0.6 is 0 Å². The van der Waals surface area contributed by atoms with Crippen LogP contribution in [0.5, 0.6) is 5.75 Å². The Morgan fingerprint density at radius 1 is 1.09 bits per heavy atom. The third-order valence-electron chi connectivity index (χ3n) is 4.42. The molecule has 2 aromatic rings. The molecule has 0 spiro atoms. The van der Waals surface area contributed by atoms with E-state index in [0.717, 1.165) is 20.9 Å². The molecule has 0 radical (unpaired) electrons. The molecule has 0 saturated carbocycles. The molecule has 32 heavy (non-hydrogen) atoms. The van der Waals surface area contributed by atoms with Gasteiger partial charge in [0.25, 0.3) is 0 Å². The topological polar surface area (TPSA) is 113 Å². The van der Waals surface area contributed by atoms with Crippen LogP contribution in [0.25, 0.3) is 0 Å². The zero-order chi connectivity index (χ0) is 24.1. The van der Waals surface area contributed by atoms with E-state index in [4.69, 9.17) is 4.74 Å². The van der Waals surface area contributed by atoms with E-state index in [2.05, 4.69) is 5.32 Å². The number of hydrogen-bond acceptors (Lipinski definition) is 6. The third kappa shape index (κ3) is 6.40. The van der Waals surface area contributed by atoms with Crippen molar-refractivity contribution >= 4 is 31.6 Å². The van der Waals surface area contributed by atoms with Crippen molar-refractivity contribution in [2.75, 3.05) is 37.8 Å². The van der Waals surface area contributed by atoms with Gasteiger partial charge in [-0.1, -0.05) is 6.07 Å². The molecule has 9 nitrogen and oxygen atoms in total. The summed E-state index contributed by atoms with van der Waals surface area (Å²) in [6, 6.07) is 9.66. The van der Waals surface area contributed by atoms with Crippen molar-refractivity contribution in [2.24, 2.45) is 0 Å². The quantitative estimate of drug-likeness (QED) is 0.507. The summed E-state index contributed by atoms with van der Waals surface area (Å²) in [4.78, 5) is 12.6. The van der Waals surface area contributed by atoms with Gasteiger partial charge in [-0.3, -0.25) is 9.10 Å². The number of carbonyl (C=O) groups is 1. The summed E-state index contributed by atoms with van der Waals surface area (Å²) in [5.74, 6) is -0.806. The van der Waals surface area contributed by atoms with E-state index in [9.17, 15) is 26.0 Å². The minimum absolute atomic E-state index is 0.0409. The molecule has 0 aliphatic carbocycles. The van der Waals surface area contributed by atoms with Crippen molar-refractivity contribution in [1.29, 1.82) is 0 Å². The van der Waals surface area contributed by atoms with Crippen molar-refractivity contribution in [3.8, 4) is 5.75 Å². The first-order chi connectivity index (χ1) is 14.8. The van der Waals surface area contributed by atoms with Gasteiger partial charge >= 0.3 is 0 Å². The van der Waals surface area contributed by atoms with Crippen LogP contribution in [0, 0.1) is 5.82 Å². The zero-order valence-electron chi connectivity index (χ0n) is 18.1. The molecule has 176 valence electrons. The summed E-state index contributed by atoms with van der Waals surface area (Å²) in [5.41, 5.74) is 0.0409. The molecule has 12 heteroatoms. The highest BCUT2D eigenvalue weighted by Crippen LogP contribution is 2.22. The van der Waals surface area contributed by atoms with Crippen molar-refractivity contribution in [3.05, 3.63) is 54.3 Å². The fraction of sp³-hybridized carbons (Fsp3) is 0.350. The van der Waals surface area contributed by atoms with Crippen molar-refractivity contribution in [2.45, 2.75) is 17.9 Å². The van der Waals surface area contributed by atoms with Crippen LogP contribution < -0.4 is 14.4 Å². The lowest BCUT2D eigenvalue weighted by Gasteiger charge is -2.28. The van der Waals surface area contributed by atoms with Crippen LogP contribution in [0.15, 0.2) is 53.4 Å². The third-order valence-corrected chi connectivity index (χ3v) is 7.49. The summed E-state index contributed by atoms with van der Waals surface area (Å²) in [7, 11) is -4.53. The molecule has 0 unspecified atom stereocenters. The molecule has 0 aliphatic heterocycles. The molecule has 2 rings (SSSR count). The van der Waals surface area contributed by atoms with Crippen LogP contribution in [-0.2, 0) is 24.8 Å². The Morgan fingerprint density at radius 2 is 1.72 bits per heavy atom. The molecular weight excluding hydrogens is 461 g/mol. The van der Waals surface area contributed by atoms with Crippen molar-refractivity contribution < 1.29 is 30.8 Å². The van der Waals surface area contributed by atoms with E-state index in [1.807, 2.05) is 0 Å². The Morgan fingerprint density at radius 3 is 2.25 bits per heavy atom. The molecule has 1 atom stereocenters. The fourth-order valence-electron chi connectivity index (χ4n) is 2.83. The van der Waals surface area contributed by atoms with Gasteiger partial charge in [0.05, 0.1) is 23.4 Å². The van der Waals surface area contributed by atoms with E-state index in [-0.39, 0.29) is 23.7 Å².